The van der Waals surface area contributed by atoms with Crippen molar-refractivity contribution in [2.24, 2.45) is 12.5 Å². The third-order valence-electron chi connectivity index (χ3n) is 6.25. The van der Waals surface area contributed by atoms with E-state index < -0.39 is 0 Å². The molecule has 2 amide bonds. The summed E-state index contributed by atoms with van der Waals surface area (Å²) in [7, 11) is 1.86. The fourth-order valence-corrected chi connectivity index (χ4v) is 4.29. The van der Waals surface area contributed by atoms with E-state index in [-0.39, 0.29) is 23.3 Å². The van der Waals surface area contributed by atoms with Crippen molar-refractivity contribution in [1.82, 2.24) is 30.0 Å². The van der Waals surface area contributed by atoms with Gasteiger partial charge in [-0.25, -0.2) is 4.98 Å². The number of anilines is 2. The fourth-order valence-electron chi connectivity index (χ4n) is 4.29. The number of aromatic amines is 1. The van der Waals surface area contributed by atoms with Crippen molar-refractivity contribution < 1.29 is 9.59 Å². The van der Waals surface area contributed by atoms with Gasteiger partial charge in [-0.15, -0.1) is 0 Å². The van der Waals surface area contributed by atoms with E-state index in [1.54, 1.807) is 36.1 Å². The van der Waals surface area contributed by atoms with Gasteiger partial charge in [0.1, 0.15) is 5.65 Å². The number of H-pyrrole nitrogens is 1. The molecule has 4 aromatic rings. The minimum Gasteiger partial charge on any atom is -0.339 e. The molecule has 35 heavy (non-hydrogen) atoms. The Hall–Kier alpha value is -4.05. The summed E-state index contributed by atoms with van der Waals surface area (Å²) in [5.74, 6) is -0.416. The Bertz CT molecular complexity index is 1430. The third kappa shape index (κ3) is 4.78. The lowest BCUT2D eigenvalue weighted by atomic mass is 9.90. The largest absolute Gasteiger partial charge is 0.339 e. The first-order chi connectivity index (χ1) is 16.7. The first kappa shape index (κ1) is 22.7. The lowest BCUT2D eigenvalue weighted by Gasteiger charge is -2.16. The molecule has 1 aliphatic heterocycles. The van der Waals surface area contributed by atoms with Crippen molar-refractivity contribution in [2.45, 2.75) is 33.2 Å². The molecular weight excluding hydrogens is 444 g/mol. The summed E-state index contributed by atoms with van der Waals surface area (Å²) in [6, 6.07) is 5.20. The van der Waals surface area contributed by atoms with Crippen LogP contribution in [-0.2, 0) is 11.8 Å². The van der Waals surface area contributed by atoms with E-state index in [0.717, 1.165) is 29.6 Å². The van der Waals surface area contributed by atoms with Crippen LogP contribution in [0.1, 0.15) is 36.3 Å². The third-order valence-corrected chi connectivity index (χ3v) is 6.25. The first-order valence-corrected chi connectivity index (χ1v) is 11.5. The molecular formula is C25H28N8O2. The number of aromatic nitrogens is 5. The zero-order valence-electron chi connectivity index (χ0n) is 20.1. The van der Waals surface area contributed by atoms with Gasteiger partial charge >= 0.3 is 0 Å². The summed E-state index contributed by atoms with van der Waals surface area (Å²) in [5, 5.41) is 14.1. The molecule has 0 aromatic carbocycles. The maximum Gasteiger partial charge on any atom is 0.257 e. The molecule has 1 aliphatic rings. The highest BCUT2D eigenvalue weighted by atomic mass is 16.2. The van der Waals surface area contributed by atoms with Crippen molar-refractivity contribution in [3.05, 3.63) is 54.2 Å². The lowest BCUT2D eigenvalue weighted by molar-refractivity contribution is -0.117. The van der Waals surface area contributed by atoms with Crippen LogP contribution in [0.15, 0.2) is 43.0 Å². The van der Waals surface area contributed by atoms with Gasteiger partial charge in [-0.3, -0.25) is 19.3 Å². The van der Waals surface area contributed by atoms with Gasteiger partial charge in [0, 0.05) is 36.9 Å². The number of aryl methyl sites for hydroxylation is 2. The molecule has 180 valence electrons. The van der Waals surface area contributed by atoms with Gasteiger partial charge in [-0.05, 0) is 37.0 Å². The highest BCUT2D eigenvalue weighted by molar-refractivity contribution is 6.06. The number of carbonyl (C=O) groups is 2. The summed E-state index contributed by atoms with van der Waals surface area (Å²) in [4.78, 5) is 37.7. The average molecular weight is 473 g/mol. The molecule has 0 spiro atoms. The van der Waals surface area contributed by atoms with Crippen LogP contribution in [0, 0.1) is 12.3 Å². The quantitative estimate of drug-likeness (QED) is 0.353. The number of hydrogen-bond donors (Lipinski definition) is 4. The van der Waals surface area contributed by atoms with Gasteiger partial charge in [0.15, 0.2) is 0 Å². The van der Waals surface area contributed by atoms with Crippen LogP contribution in [0.3, 0.4) is 0 Å². The minimum absolute atomic E-state index is 0.0834. The highest BCUT2D eigenvalue weighted by Crippen LogP contribution is 2.28. The smallest absolute Gasteiger partial charge is 0.257 e. The second-order valence-corrected chi connectivity index (χ2v) is 9.85. The molecule has 5 rings (SSSR count). The predicted octanol–water partition coefficient (Wildman–Crippen LogP) is 3.25. The van der Waals surface area contributed by atoms with Crippen molar-refractivity contribution in [3.63, 3.8) is 0 Å². The monoisotopic (exact) mass is 472 g/mol. The van der Waals surface area contributed by atoms with Crippen LogP contribution < -0.4 is 16.0 Å². The Morgan fingerprint density at radius 2 is 1.94 bits per heavy atom. The molecule has 5 heterocycles. The van der Waals surface area contributed by atoms with Crippen molar-refractivity contribution in [1.29, 1.82) is 0 Å². The molecule has 0 unspecified atom stereocenters. The van der Waals surface area contributed by atoms with E-state index in [4.69, 9.17) is 0 Å². The minimum atomic E-state index is -0.309. The van der Waals surface area contributed by atoms with E-state index in [2.05, 4.69) is 49.8 Å². The Morgan fingerprint density at radius 1 is 1.11 bits per heavy atom. The standard InChI is InChI=1S/C25H28N8O2/c1-14-19(7-18(11-26-14)30-24(35)21-8-25(2,3)13-28-21)32-23(34)16-5-15-6-20(31-22(15)27-9-16)17-10-29-33(4)12-17/h5-7,9-12,21,28H,8,13H2,1-4H3,(H,27,31)(H,30,35)(H,32,34)/t21-/m1/s1. The van der Waals surface area contributed by atoms with Gasteiger partial charge < -0.3 is 20.9 Å². The summed E-state index contributed by atoms with van der Waals surface area (Å²) < 4.78 is 1.73. The normalized spacial score (nSPS) is 17.0. The van der Waals surface area contributed by atoms with Gasteiger partial charge in [0.2, 0.25) is 5.91 Å². The number of pyridine rings is 2. The van der Waals surface area contributed by atoms with Crippen molar-refractivity contribution in [2.75, 3.05) is 17.2 Å². The number of fused-ring (bicyclic) bond motifs is 1. The SMILES string of the molecule is Cc1ncc(NC(=O)[C@H]2CC(C)(C)CN2)cc1NC(=O)c1cnc2[nH]c(-c3cnn(C)c3)cc2c1. The van der Waals surface area contributed by atoms with Crippen molar-refractivity contribution >= 4 is 34.2 Å². The molecule has 4 N–H and O–H groups in total. The maximum absolute atomic E-state index is 13.0. The van der Waals surface area contributed by atoms with E-state index in [9.17, 15) is 9.59 Å². The number of amides is 2. The second-order valence-electron chi connectivity index (χ2n) is 9.85. The second kappa shape index (κ2) is 8.62. The van der Waals surface area contributed by atoms with Crippen LogP contribution in [0.2, 0.25) is 0 Å². The van der Waals surface area contributed by atoms with Gasteiger partial charge in [-0.2, -0.15) is 5.10 Å². The highest BCUT2D eigenvalue weighted by Gasteiger charge is 2.34. The molecule has 10 heteroatoms. The maximum atomic E-state index is 13.0. The van der Waals surface area contributed by atoms with Crippen LogP contribution in [0.25, 0.3) is 22.3 Å². The Kier molecular flexibility index (Phi) is 5.60. The van der Waals surface area contributed by atoms with Crippen LogP contribution in [0.5, 0.6) is 0 Å². The molecule has 4 aromatic heterocycles. The number of nitrogens with one attached hydrogen (secondary N) is 4. The lowest BCUT2D eigenvalue weighted by Crippen LogP contribution is -2.35. The molecule has 0 saturated carbocycles. The molecule has 0 radical (unpaired) electrons. The predicted molar refractivity (Wildman–Crippen MR) is 134 cm³/mol. The van der Waals surface area contributed by atoms with Crippen LogP contribution in [-0.4, -0.2) is 49.1 Å². The zero-order chi connectivity index (χ0) is 24.7. The van der Waals surface area contributed by atoms with Gasteiger partial charge in [-0.1, -0.05) is 13.8 Å². The van der Waals surface area contributed by atoms with Crippen molar-refractivity contribution in [3.8, 4) is 11.3 Å². The summed E-state index contributed by atoms with van der Waals surface area (Å²) in [6.45, 7) is 6.86. The van der Waals surface area contributed by atoms with Gasteiger partial charge in [0.25, 0.3) is 5.91 Å². The Morgan fingerprint density at radius 3 is 2.66 bits per heavy atom. The average Bonchev–Trinajstić information content (AvgIpc) is 3.53. The molecule has 0 aliphatic carbocycles. The zero-order valence-corrected chi connectivity index (χ0v) is 20.1. The van der Waals surface area contributed by atoms with Crippen LogP contribution in [0.4, 0.5) is 11.4 Å². The Balaban J connectivity index is 1.31. The number of carbonyl (C=O) groups excluding carboxylic acids is 2. The molecule has 0 bridgehead atoms. The summed E-state index contributed by atoms with van der Waals surface area (Å²) in [6.07, 6.45) is 7.56. The molecule has 1 saturated heterocycles. The van der Waals surface area contributed by atoms with Crippen LogP contribution >= 0.6 is 0 Å². The van der Waals surface area contributed by atoms with E-state index in [1.807, 2.05) is 19.3 Å². The van der Waals surface area contributed by atoms with E-state index in [1.165, 1.54) is 6.20 Å². The summed E-state index contributed by atoms with van der Waals surface area (Å²) >= 11 is 0. The first-order valence-electron chi connectivity index (χ1n) is 11.5. The van der Waals surface area contributed by atoms with E-state index >= 15 is 0 Å². The Labute approximate surface area is 202 Å². The van der Waals surface area contributed by atoms with E-state index in [0.29, 0.717) is 28.3 Å². The topological polar surface area (TPSA) is 130 Å². The molecule has 10 nitrogen and oxygen atoms in total. The fraction of sp³-hybridized carbons (Fsp3) is 0.320. The molecule has 1 atom stereocenters. The number of rotatable bonds is 5. The summed E-state index contributed by atoms with van der Waals surface area (Å²) in [5.41, 5.74) is 4.70. The van der Waals surface area contributed by atoms with Gasteiger partial charge in [0.05, 0.1) is 46.8 Å². The molecule has 1 fully saturated rings. The number of nitrogens with zero attached hydrogens (tertiary/aromatic N) is 4. The number of hydrogen-bond acceptors (Lipinski definition) is 6.